The van der Waals surface area contributed by atoms with E-state index in [-0.39, 0.29) is 55.7 Å². The number of amides is 5. The maximum absolute atomic E-state index is 13.7. The molecule has 0 saturated heterocycles. The first-order chi connectivity index (χ1) is 21.1. The molecule has 3 aromatic rings. The first-order valence-corrected chi connectivity index (χ1v) is 14.1. The van der Waals surface area contributed by atoms with Crippen LogP contribution in [-0.2, 0) is 0 Å². The summed E-state index contributed by atoms with van der Waals surface area (Å²) in [5.74, 6) is 0.403. The number of benzene rings is 3. The summed E-state index contributed by atoms with van der Waals surface area (Å²) in [7, 11) is 1.64. The molecule has 13 heteroatoms. The number of rotatable bonds is 7. The van der Waals surface area contributed by atoms with Crippen molar-refractivity contribution in [3.63, 3.8) is 0 Å². The number of halogens is 1. The van der Waals surface area contributed by atoms with Gasteiger partial charge in [0.25, 0.3) is 5.91 Å². The molecule has 5 rings (SSSR count). The lowest BCUT2D eigenvalue weighted by atomic mass is 9.99. The molecule has 0 aromatic heterocycles. The number of fused-ring (bicyclic) bond motifs is 2. The van der Waals surface area contributed by atoms with Crippen molar-refractivity contribution in [1.82, 2.24) is 9.80 Å². The van der Waals surface area contributed by atoms with E-state index in [1.165, 1.54) is 35.2 Å². The van der Waals surface area contributed by atoms with Gasteiger partial charge in [0.15, 0.2) is 11.5 Å². The lowest BCUT2D eigenvalue weighted by Crippen LogP contribution is -2.50. The number of nitrogens with one attached hydrogen (secondary N) is 3. The Morgan fingerprint density at radius 1 is 0.977 bits per heavy atom. The highest BCUT2D eigenvalue weighted by Gasteiger charge is 2.34. The predicted molar refractivity (Wildman–Crippen MR) is 161 cm³/mol. The highest BCUT2D eigenvalue weighted by Crippen LogP contribution is 2.34. The topological polar surface area (TPSA) is 142 Å². The lowest BCUT2D eigenvalue weighted by molar-refractivity contribution is 0.0371. The smallest absolute Gasteiger partial charge is 0.323 e. The number of nitrogens with zero attached hydrogens (tertiary/aromatic N) is 2. The summed E-state index contributed by atoms with van der Waals surface area (Å²) in [6, 6.07) is 13.7. The van der Waals surface area contributed by atoms with Crippen molar-refractivity contribution in [1.29, 1.82) is 0 Å². The zero-order valence-corrected chi connectivity index (χ0v) is 24.5. The number of hydrogen-bond acceptors (Lipinski definition) is 7. The molecule has 2 aliphatic rings. The van der Waals surface area contributed by atoms with Crippen LogP contribution in [0.5, 0.6) is 17.2 Å². The molecule has 2 heterocycles. The molecule has 0 bridgehead atoms. The number of aliphatic hydroxyl groups excluding tert-OH is 1. The van der Waals surface area contributed by atoms with Crippen molar-refractivity contribution in [2.75, 3.05) is 49.5 Å². The van der Waals surface area contributed by atoms with Crippen LogP contribution >= 0.6 is 0 Å². The molecule has 2 aliphatic heterocycles. The molecule has 0 saturated carbocycles. The predicted octanol–water partition coefficient (Wildman–Crippen LogP) is 4.58. The number of hydrogen-bond donors (Lipinski definition) is 4. The quantitative estimate of drug-likeness (QED) is 0.308. The number of carbonyl (C=O) groups excluding carboxylic acids is 3. The van der Waals surface area contributed by atoms with Gasteiger partial charge in [0.05, 0.1) is 24.8 Å². The summed E-state index contributed by atoms with van der Waals surface area (Å²) in [5.41, 5.74) is 1.44. The second kappa shape index (κ2) is 13.1. The molecular weight excluding hydrogens is 573 g/mol. The van der Waals surface area contributed by atoms with E-state index in [1.54, 1.807) is 49.2 Å². The third-order valence-electron chi connectivity index (χ3n) is 7.45. The second-order valence-electron chi connectivity index (χ2n) is 10.8. The first kappa shape index (κ1) is 30.4. The summed E-state index contributed by atoms with van der Waals surface area (Å²) >= 11 is 0. The minimum absolute atomic E-state index is 0.125. The van der Waals surface area contributed by atoms with E-state index < -0.39 is 24.0 Å². The molecule has 3 aromatic carbocycles. The Kier molecular flexibility index (Phi) is 9.04. The molecule has 0 radical (unpaired) electrons. The van der Waals surface area contributed by atoms with Crippen LogP contribution < -0.4 is 30.2 Å². The summed E-state index contributed by atoms with van der Waals surface area (Å²) in [5, 5.41) is 18.1. The summed E-state index contributed by atoms with van der Waals surface area (Å²) in [6.07, 6.45) is -0.525. The Labute approximate surface area is 253 Å². The molecule has 12 nitrogen and oxygen atoms in total. The standard InChI is InChI=1S/C31H34FN5O7/c1-18-14-37(19(2)16-38)29(39)24-12-22(34-30(40)33-21-6-4-20(32)5-7-21)8-10-25(24)44-28(18)15-36(3)31(41)35-23-9-11-26-27(13-23)43-17-42-26/h4-13,18-19,28,38H,14-17H2,1-3H3,(H,35,41)(H2,33,34,40)/t18-,19+,28+/m1/s1. The van der Waals surface area contributed by atoms with Gasteiger partial charge in [-0.1, -0.05) is 6.92 Å². The van der Waals surface area contributed by atoms with Gasteiger partial charge < -0.3 is 45.1 Å². The fraction of sp³-hybridized carbons (Fsp3) is 0.323. The van der Waals surface area contributed by atoms with E-state index in [4.69, 9.17) is 14.2 Å². The summed E-state index contributed by atoms with van der Waals surface area (Å²) in [4.78, 5) is 42.4. The zero-order valence-electron chi connectivity index (χ0n) is 24.5. The number of anilines is 3. The number of urea groups is 2. The van der Waals surface area contributed by atoms with Gasteiger partial charge in [-0.05, 0) is 61.5 Å². The summed E-state index contributed by atoms with van der Waals surface area (Å²) < 4.78 is 30.3. The van der Waals surface area contributed by atoms with Crippen LogP contribution in [0.2, 0.25) is 0 Å². The average molecular weight is 608 g/mol. The van der Waals surface area contributed by atoms with Crippen molar-refractivity contribution < 1.29 is 38.1 Å². The van der Waals surface area contributed by atoms with Crippen LogP contribution in [0.1, 0.15) is 24.2 Å². The van der Waals surface area contributed by atoms with Gasteiger partial charge in [-0.15, -0.1) is 0 Å². The van der Waals surface area contributed by atoms with Gasteiger partial charge in [0, 0.05) is 42.6 Å². The van der Waals surface area contributed by atoms with Crippen LogP contribution in [0.3, 0.4) is 0 Å². The van der Waals surface area contributed by atoms with E-state index in [2.05, 4.69) is 16.0 Å². The van der Waals surface area contributed by atoms with Crippen molar-refractivity contribution in [3.8, 4) is 17.2 Å². The molecule has 0 fully saturated rings. The molecule has 44 heavy (non-hydrogen) atoms. The van der Waals surface area contributed by atoms with Crippen LogP contribution in [-0.4, -0.2) is 78.6 Å². The first-order valence-electron chi connectivity index (χ1n) is 14.1. The van der Waals surface area contributed by atoms with Crippen molar-refractivity contribution in [3.05, 3.63) is 72.0 Å². The van der Waals surface area contributed by atoms with Crippen molar-refractivity contribution in [2.24, 2.45) is 5.92 Å². The Hall–Kier alpha value is -5.04. The SMILES string of the molecule is C[C@@H]1CN([C@@H](C)CO)C(=O)c2cc(NC(=O)Nc3ccc(F)cc3)ccc2O[C@H]1CN(C)C(=O)Nc1ccc2c(c1)OCO2. The maximum Gasteiger partial charge on any atom is 0.323 e. The number of carbonyl (C=O) groups is 3. The molecule has 3 atom stereocenters. The van der Waals surface area contributed by atoms with Crippen molar-refractivity contribution in [2.45, 2.75) is 26.0 Å². The van der Waals surface area contributed by atoms with E-state index >= 15 is 0 Å². The van der Waals surface area contributed by atoms with Gasteiger partial charge in [-0.25, -0.2) is 14.0 Å². The molecule has 5 amide bonds. The van der Waals surface area contributed by atoms with Crippen LogP contribution in [0, 0.1) is 11.7 Å². The van der Waals surface area contributed by atoms with Gasteiger partial charge in [-0.2, -0.15) is 0 Å². The van der Waals surface area contributed by atoms with Gasteiger partial charge in [0.1, 0.15) is 17.7 Å². The van der Waals surface area contributed by atoms with Gasteiger partial charge in [0.2, 0.25) is 6.79 Å². The minimum Gasteiger partial charge on any atom is -0.487 e. The normalized spacial score (nSPS) is 17.8. The Morgan fingerprint density at radius 2 is 1.61 bits per heavy atom. The maximum atomic E-state index is 13.7. The third-order valence-corrected chi connectivity index (χ3v) is 7.45. The highest BCUT2D eigenvalue weighted by atomic mass is 19.1. The summed E-state index contributed by atoms with van der Waals surface area (Å²) in [6.45, 7) is 3.97. The average Bonchev–Trinajstić information content (AvgIpc) is 3.48. The molecule has 4 N–H and O–H groups in total. The van der Waals surface area contributed by atoms with Gasteiger partial charge in [-0.3, -0.25) is 4.79 Å². The van der Waals surface area contributed by atoms with Gasteiger partial charge >= 0.3 is 12.1 Å². The zero-order chi connectivity index (χ0) is 31.4. The molecule has 0 spiro atoms. The van der Waals surface area contributed by atoms with E-state index in [0.29, 0.717) is 28.6 Å². The van der Waals surface area contributed by atoms with Crippen molar-refractivity contribution >= 4 is 35.0 Å². The molecule has 0 aliphatic carbocycles. The number of aliphatic hydroxyl groups is 1. The monoisotopic (exact) mass is 607 g/mol. The highest BCUT2D eigenvalue weighted by molar-refractivity contribution is 6.02. The van der Waals surface area contributed by atoms with Crippen LogP contribution in [0.4, 0.5) is 31.0 Å². The van der Waals surface area contributed by atoms with E-state index in [0.717, 1.165) is 0 Å². The third kappa shape index (κ3) is 6.94. The fourth-order valence-electron chi connectivity index (χ4n) is 4.89. The fourth-order valence-corrected chi connectivity index (χ4v) is 4.89. The molecular formula is C31H34FN5O7. The molecule has 0 unspecified atom stereocenters. The number of likely N-dealkylation sites (N-methyl/N-ethyl adjacent to an activating group) is 1. The Morgan fingerprint density at radius 3 is 2.34 bits per heavy atom. The van der Waals surface area contributed by atoms with E-state index in [9.17, 15) is 23.9 Å². The number of ether oxygens (including phenoxy) is 3. The minimum atomic E-state index is -0.585. The lowest BCUT2D eigenvalue weighted by Gasteiger charge is -2.38. The molecule has 232 valence electrons. The van der Waals surface area contributed by atoms with Crippen LogP contribution in [0.25, 0.3) is 0 Å². The largest absolute Gasteiger partial charge is 0.487 e. The second-order valence-corrected chi connectivity index (χ2v) is 10.8. The Bertz CT molecular complexity index is 1540. The van der Waals surface area contributed by atoms with Crippen LogP contribution in [0.15, 0.2) is 60.7 Å². The van der Waals surface area contributed by atoms with E-state index in [1.807, 2.05) is 6.92 Å². The Balaban J connectivity index is 1.33.